The molecule has 0 unspecified atom stereocenters. The quantitative estimate of drug-likeness (QED) is 0.523. The highest BCUT2D eigenvalue weighted by molar-refractivity contribution is 7.91. The van der Waals surface area contributed by atoms with Crippen LogP contribution in [0.25, 0.3) is 21.1 Å². The van der Waals surface area contributed by atoms with Crippen LogP contribution in [0.3, 0.4) is 0 Å². The molecule has 26 heavy (non-hydrogen) atoms. The Morgan fingerprint density at radius 1 is 1.12 bits per heavy atom. The predicted octanol–water partition coefficient (Wildman–Crippen LogP) is 4.78. The minimum absolute atomic E-state index is 0.193. The van der Waals surface area contributed by atoms with Crippen LogP contribution in [0.1, 0.15) is 11.3 Å². The summed E-state index contributed by atoms with van der Waals surface area (Å²) in [6, 6.07) is 10.3. The van der Waals surface area contributed by atoms with Crippen molar-refractivity contribution in [3.8, 4) is 0 Å². The van der Waals surface area contributed by atoms with E-state index in [9.17, 15) is 8.42 Å². The molecule has 2 aromatic heterocycles. The van der Waals surface area contributed by atoms with Crippen molar-refractivity contribution in [3.63, 3.8) is 0 Å². The molecule has 0 amide bonds. The molecular formula is C19H14ClNO3S2. The van der Waals surface area contributed by atoms with Crippen molar-refractivity contribution in [3.05, 3.63) is 58.1 Å². The van der Waals surface area contributed by atoms with Gasteiger partial charge in [0.15, 0.2) is 5.58 Å². The smallest absolute Gasteiger partial charge is 0.206 e. The minimum Gasteiger partial charge on any atom is -0.459 e. The van der Waals surface area contributed by atoms with E-state index in [2.05, 4.69) is 5.32 Å². The highest BCUT2D eigenvalue weighted by Gasteiger charge is 2.24. The molecule has 0 saturated heterocycles. The van der Waals surface area contributed by atoms with Gasteiger partial charge in [0.25, 0.3) is 0 Å². The van der Waals surface area contributed by atoms with Crippen molar-refractivity contribution in [2.24, 2.45) is 0 Å². The summed E-state index contributed by atoms with van der Waals surface area (Å²) in [4.78, 5) is 0.466. The number of furan rings is 1. The number of sulfone groups is 1. The molecule has 4 nitrogen and oxygen atoms in total. The van der Waals surface area contributed by atoms with Gasteiger partial charge in [-0.2, -0.15) is 0 Å². The third-order valence-electron chi connectivity index (χ3n) is 4.78. The van der Waals surface area contributed by atoms with Crippen LogP contribution in [0, 0.1) is 0 Å². The molecule has 132 valence electrons. The average Bonchev–Trinajstić information content (AvgIpc) is 3.25. The molecule has 5 rings (SSSR count). The lowest BCUT2D eigenvalue weighted by molar-refractivity contribution is 0.500. The van der Waals surface area contributed by atoms with E-state index in [1.165, 1.54) is 6.07 Å². The molecular weight excluding hydrogens is 390 g/mol. The Balaban J connectivity index is 1.72. The second-order valence-corrected chi connectivity index (χ2v) is 9.64. The Labute approximate surface area is 159 Å². The number of thiophene rings is 1. The Hall–Kier alpha value is -1.86. The molecule has 7 heteroatoms. The van der Waals surface area contributed by atoms with Crippen LogP contribution in [0.15, 0.2) is 56.0 Å². The van der Waals surface area contributed by atoms with Crippen molar-refractivity contribution in [2.75, 3.05) is 6.54 Å². The number of hydrogen-bond donors (Lipinski definition) is 1. The minimum atomic E-state index is -3.67. The zero-order valence-corrected chi connectivity index (χ0v) is 16.0. The molecule has 1 N–H and O–H groups in total. The molecule has 0 aliphatic carbocycles. The summed E-state index contributed by atoms with van der Waals surface area (Å²) in [5.74, 6) is 0.884. The van der Waals surface area contributed by atoms with Crippen LogP contribution in [0.2, 0.25) is 5.02 Å². The fourth-order valence-corrected chi connectivity index (χ4v) is 5.89. The van der Waals surface area contributed by atoms with Gasteiger partial charge in [-0.25, -0.2) is 8.42 Å². The average molecular weight is 404 g/mol. The maximum atomic E-state index is 13.2. The van der Waals surface area contributed by atoms with Crippen LogP contribution in [-0.4, -0.2) is 15.0 Å². The Bertz CT molecular complexity index is 1270. The number of benzene rings is 2. The predicted molar refractivity (Wildman–Crippen MR) is 104 cm³/mol. The van der Waals surface area contributed by atoms with Crippen LogP contribution in [-0.2, 0) is 22.8 Å². The molecule has 0 fully saturated rings. The maximum Gasteiger partial charge on any atom is 0.206 e. The van der Waals surface area contributed by atoms with E-state index in [0.717, 1.165) is 39.8 Å². The Morgan fingerprint density at radius 3 is 2.88 bits per heavy atom. The Morgan fingerprint density at radius 2 is 2.00 bits per heavy atom. The van der Waals surface area contributed by atoms with E-state index in [4.69, 9.17) is 16.0 Å². The molecule has 0 saturated carbocycles. The number of halogens is 1. The van der Waals surface area contributed by atoms with Gasteiger partial charge in [-0.15, -0.1) is 11.3 Å². The topological polar surface area (TPSA) is 59.3 Å². The standard InChI is InChI=1S/C19H14ClNO3S2/c20-16-9-13(8-14-15-10-21-5-3-17(15)24-19(14)16)26(22,23)12-1-2-18-11(7-12)4-6-25-18/h1-2,4,6-9,21H,3,5,10H2. The van der Waals surface area contributed by atoms with Crippen molar-refractivity contribution in [1.82, 2.24) is 5.32 Å². The van der Waals surface area contributed by atoms with E-state index < -0.39 is 9.84 Å². The zero-order valence-electron chi connectivity index (χ0n) is 13.6. The summed E-state index contributed by atoms with van der Waals surface area (Å²) in [5, 5.41) is 7.27. The fourth-order valence-electron chi connectivity index (χ4n) is 3.45. The highest BCUT2D eigenvalue weighted by atomic mass is 35.5. The SMILES string of the molecule is O=S(=O)(c1ccc2sccc2c1)c1cc(Cl)c2oc3c(c2c1)CNCC3. The van der Waals surface area contributed by atoms with Gasteiger partial charge >= 0.3 is 0 Å². The second kappa shape index (κ2) is 5.82. The van der Waals surface area contributed by atoms with Gasteiger partial charge in [0.2, 0.25) is 9.84 Å². The van der Waals surface area contributed by atoms with Gasteiger partial charge in [0, 0.05) is 35.2 Å². The third kappa shape index (κ3) is 2.41. The van der Waals surface area contributed by atoms with Crippen LogP contribution < -0.4 is 5.32 Å². The summed E-state index contributed by atoms with van der Waals surface area (Å²) in [6.45, 7) is 1.50. The highest BCUT2D eigenvalue weighted by Crippen LogP contribution is 2.37. The number of fused-ring (bicyclic) bond motifs is 4. The molecule has 4 aromatic rings. The monoisotopic (exact) mass is 403 g/mol. The lowest BCUT2D eigenvalue weighted by atomic mass is 10.1. The molecule has 1 aliphatic heterocycles. The van der Waals surface area contributed by atoms with Crippen molar-refractivity contribution in [1.29, 1.82) is 0 Å². The first-order chi connectivity index (χ1) is 12.5. The van der Waals surface area contributed by atoms with E-state index in [1.807, 2.05) is 17.5 Å². The first kappa shape index (κ1) is 16.3. The first-order valence-electron chi connectivity index (χ1n) is 8.21. The second-order valence-electron chi connectivity index (χ2n) is 6.34. The van der Waals surface area contributed by atoms with Crippen molar-refractivity contribution in [2.45, 2.75) is 22.8 Å². The van der Waals surface area contributed by atoms with E-state index in [1.54, 1.807) is 29.5 Å². The van der Waals surface area contributed by atoms with Crippen LogP contribution >= 0.6 is 22.9 Å². The lowest BCUT2D eigenvalue weighted by Crippen LogP contribution is -2.22. The molecule has 2 aromatic carbocycles. The van der Waals surface area contributed by atoms with Gasteiger partial charge in [0.1, 0.15) is 5.76 Å². The van der Waals surface area contributed by atoms with Gasteiger partial charge in [0.05, 0.1) is 14.8 Å². The lowest BCUT2D eigenvalue weighted by Gasteiger charge is -2.11. The van der Waals surface area contributed by atoms with Crippen molar-refractivity contribution >= 4 is 53.8 Å². The maximum absolute atomic E-state index is 13.2. The van der Waals surface area contributed by atoms with Gasteiger partial charge < -0.3 is 9.73 Å². The number of rotatable bonds is 2. The fraction of sp³-hybridized carbons (Fsp3) is 0.158. The van der Waals surface area contributed by atoms with Gasteiger partial charge in [-0.3, -0.25) is 0 Å². The van der Waals surface area contributed by atoms with Crippen LogP contribution in [0.5, 0.6) is 0 Å². The summed E-state index contributed by atoms with van der Waals surface area (Å²) in [7, 11) is -3.67. The number of nitrogens with one attached hydrogen (secondary N) is 1. The van der Waals surface area contributed by atoms with Gasteiger partial charge in [-0.05, 0) is 47.2 Å². The summed E-state index contributed by atoms with van der Waals surface area (Å²) in [6.07, 6.45) is 0.775. The van der Waals surface area contributed by atoms with Gasteiger partial charge in [-0.1, -0.05) is 11.6 Å². The first-order valence-corrected chi connectivity index (χ1v) is 10.9. The Kier molecular flexibility index (Phi) is 3.66. The van der Waals surface area contributed by atoms with E-state index in [-0.39, 0.29) is 9.79 Å². The third-order valence-corrected chi connectivity index (χ3v) is 7.69. The normalized spacial score (nSPS) is 14.8. The summed E-state index contributed by atoms with van der Waals surface area (Å²) >= 11 is 7.96. The number of hydrogen-bond acceptors (Lipinski definition) is 5. The molecule has 0 spiro atoms. The summed E-state index contributed by atoms with van der Waals surface area (Å²) in [5.41, 5.74) is 1.56. The van der Waals surface area contributed by atoms with E-state index >= 15 is 0 Å². The van der Waals surface area contributed by atoms with E-state index in [0.29, 0.717) is 17.2 Å². The molecule has 0 bridgehead atoms. The molecule has 1 aliphatic rings. The van der Waals surface area contributed by atoms with Crippen LogP contribution in [0.4, 0.5) is 0 Å². The molecule has 0 atom stereocenters. The summed E-state index contributed by atoms with van der Waals surface area (Å²) < 4.78 is 33.3. The van der Waals surface area contributed by atoms with Crippen molar-refractivity contribution < 1.29 is 12.8 Å². The molecule has 3 heterocycles. The molecule has 0 radical (unpaired) electrons. The largest absolute Gasteiger partial charge is 0.459 e. The zero-order chi connectivity index (χ0) is 17.9.